The Kier molecular flexibility index (Phi) is 3.27. The second-order valence-corrected chi connectivity index (χ2v) is 5.31. The van der Waals surface area contributed by atoms with E-state index < -0.39 is 0 Å². The van der Waals surface area contributed by atoms with Crippen molar-refractivity contribution in [1.29, 1.82) is 0 Å². The Balaban J connectivity index is 2.29. The maximum absolute atomic E-state index is 6.34. The molecular formula is C16H12BrCl. The highest BCUT2D eigenvalue weighted by Gasteiger charge is 2.18. The van der Waals surface area contributed by atoms with Crippen molar-refractivity contribution in [2.75, 3.05) is 0 Å². The van der Waals surface area contributed by atoms with E-state index in [0.717, 1.165) is 17.9 Å². The van der Waals surface area contributed by atoms with Crippen LogP contribution in [0.25, 0.3) is 5.57 Å². The quantitative estimate of drug-likeness (QED) is 0.624. The Bertz CT molecular complexity index is 629. The van der Waals surface area contributed by atoms with E-state index in [4.69, 9.17) is 11.6 Å². The molecule has 0 aliphatic heterocycles. The molecule has 0 spiro atoms. The zero-order chi connectivity index (χ0) is 12.5. The van der Waals surface area contributed by atoms with Gasteiger partial charge in [-0.1, -0.05) is 63.9 Å². The van der Waals surface area contributed by atoms with E-state index in [0.29, 0.717) is 0 Å². The maximum Gasteiger partial charge on any atom is 0.0444 e. The summed E-state index contributed by atoms with van der Waals surface area (Å²) in [4.78, 5) is 2.01. The molecule has 0 radical (unpaired) electrons. The Labute approximate surface area is 120 Å². The van der Waals surface area contributed by atoms with Gasteiger partial charge in [0.25, 0.3) is 0 Å². The molecule has 0 unspecified atom stereocenters. The second kappa shape index (κ2) is 4.91. The van der Waals surface area contributed by atoms with E-state index in [9.17, 15) is 0 Å². The third-order valence-electron chi connectivity index (χ3n) is 3.47. The van der Waals surface area contributed by atoms with Crippen LogP contribution in [0.4, 0.5) is 0 Å². The summed E-state index contributed by atoms with van der Waals surface area (Å²) >= 11 is 9.84. The van der Waals surface area contributed by atoms with Gasteiger partial charge in [-0.15, -0.1) is 0 Å². The molecular weight excluding hydrogens is 308 g/mol. The lowest BCUT2D eigenvalue weighted by Crippen LogP contribution is -1.92. The molecule has 0 amide bonds. The predicted octanol–water partition coefficient (Wildman–Crippen LogP) is 5.22. The molecule has 1 aliphatic rings. The zero-order valence-electron chi connectivity index (χ0n) is 9.79. The molecule has 0 aromatic heterocycles. The van der Waals surface area contributed by atoms with Crippen LogP contribution in [0.5, 0.6) is 0 Å². The molecule has 2 aromatic rings. The van der Waals surface area contributed by atoms with Crippen LogP contribution in [0.3, 0.4) is 0 Å². The summed E-state index contributed by atoms with van der Waals surface area (Å²) in [6, 6.07) is 14.7. The monoisotopic (exact) mass is 318 g/mol. The van der Waals surface area contributed by atoms with Crippen LogP contribution in [0.2, 0.25) is 5.02 Å². The van der Waals surface area contributed by atoms with Gasteiger partial charge in [-0.3, -0.25) is 0 Å². The van der Waals surface area contributed by atoms with Gasteiger partial charge in [0, 0.05) is 5.02 Å². The molecule has 2 heteroatoms. The summed E-state index contributed by atoms with van der Waals surface area (Å²) in [6.45, 7) is 0. The number of halogens is 2. The van der Waals surface area contributed by atoms with Crippen molar-refractivity contribution in [2.45, 2.75) is 12.8 Å². The van der Waals surface area contributed by atoms with Gasteiger partial charge < -0.3 is 0 Å². The first-order chi connectivity index (χ1) is 8.81. The van der Waals surface area contributed by atoms with Crippen molar-refractivity contribution in [3.05, 3.63) is 74.7 Å². The van der Waals surface area contributed by atoms with Gasteiger partial charge in [0.2, 0.25) is 0 Å². The summed E-state index contributed by atoms with van der Waals surface area (Å²) < 4.78 is 0. The normalized spacial score (nSPS) is 16.0. The van der Waals surface area contributed by atoms with E-state index in [1.807, 2.05) is 17.1 Å². The largest absolute Gasteiger partial charge is 0.0840 e. The van der Waals surface area contributed by atoms with Crippen molar-refractivity contribution >= 4 is 33.1 Å². The fourth-order valence-corrected chi connectivity index (χ4v) is 3.35. The van der Waals surface area contributed by atoms with Crippen LogP contribution in [-0.2, 0) is 12.8 Å². The predicted molar refractivity (Wildman–Crippen MR) is 81.3 cm³/mol. The number of rotatable bonds is 0. The topological polar surface area (TPSA) is 0 Å². The minimum atomic E-state index is 0.868. The lowest BCUT2D eigenvalue weighted by molar-refractivity contribution is 0.965. The number of aryl methyl sites for hydroxylation is 1. The van der Waals surface area contributed by atoms with E-state index in [-0.39, 0.29) is 0 Å². The molecule has 0 fully saturated rings. The molecule has 1 aliphatic carbocycles. The standard InChI is InChI=1S/C16H12BrCl/c17-10-15-12-5-2-1-4-11(12)8-9-14-13(15)6-3-7-16(14)18/h1-7,10H,8-9H2. The van der Waals surface area contributed by atoms with E-state index in [1.54, 1.807) is 0 Å². The summed E-state index contributed by atoms with van der Waals surface area (Å²) in [6.07, 6.45) is 2.04. The SMILES string of the molecule is Clc1cccc2c1CCc1ccccc1C2=CBr. The molecule has 0 saturated carbocycles. The molecule has 0 heterocycles. The highest BCUT2D eigenvalue weighted by atomic mass is 79.9. The van der Waals surface area contributed by atoms with Gasteiger partial charge in [-0.05, 0) is 51.7 Å². The summed E-state index contributed by atoms with van der Waals surface area (Å²) in [5.41, 5.74) is 6.40. The maximum atomic E-state index is 6.34. The first-order valence-electron chi connectivity index (χ1n) is 5.97. The van der Waals surface area contributed by atoms with Gasteiger partial charge >= 0.3 is 0 Å². The fourth-order valence-electron chi connectivity index (χ4n) is 2.59. The molecule has 0 nitrogen and oxygen atoms in total. The number of hydrogen-bond acceptors (Lipinski definition) is 0. The van der Waals surface area contributed by atoms with E-state index >= 15 is 0 Å². The summed E-state index contributed by atoms with van der Waals surface area (Å²) in [7, 11) is 0. The molecule has 2 aromatic carbocycles. The molecule has 0 saturated heterocycles. The Hall–Kier alpha value is -1.05. The third kappa shape index (κ3) is 1.92. The highest BCUT2D eigenvalue weighted by molar-refractivity contribution is 9.11. The number of benzene rings is 2. The molecule has 0 bridgehead atoms. The molecule has 3 rings (SSSR count). The smallest absolute Gasteiger partial charge is 0.0444 e. The van der Waals surface area contributed by atoms with Gasteiger partial charge in [0.1, 0.15) is 0 Å². The average molecular weight is 320 g/mol. The van der Waals surface area contributed by atoms with Crippen molar-refractivity contribution < 1.29 is 0 Å². The molecule has 90 valence electrons. The van der Waals surface area contributed by atoms with Crippen LogP contribution in [0, 0.1) is 0 Å². The minimum Gasteiger partial charge on any atom is -0.0840 e. The molecule has 0 N–H and O–H groups in total. The van der Waals surface area contributed by atoms with Crippen molar-refractivity contribution in [3.63, 3.8) is 0 Å². The van der Waals surface area contributed by atoms with Crippen molar-refractivity contribution in [3.8, 4) is 0 Å². The van der Waals surface area contributed by atoms with Gasteiger partial charge in [0.15, 0.2) is 0 Å². The van der Waals surface area contributed by atoms with Crippen LogP contribution in [0.1, 0.15) is 22.3 Å². The number of hydrogen-bond donors (Lipinski definition) is 0. The van der Waals surface area contributed by atoms with Crippen LogP contribution in [0.15, 0.2) is 47.4 Å². The van der Waals surface area contributed by atoms with Gasteiger partial charge in [0.05, 0.1) is 0 Å². The molecule has 0 atom stereocenters. The minimum absolute atomic E-state index is 0.868. The van der Waals surface area contributed by atoms with Gasteiger partial charge in [-0.2, -0.15) is 0 Å². The molecule has 18 heavy (non-hydrogen) atoms. The van der Waals surface area contributed by atoms with Crippen LogP contribution >= 0.6 is 27.5 Å². The first-order valence-corrected chi connectivity index (χ1v) is 7.27. The lowest BCUT2D eigenvalue weighted by atomic mass is 9.96. The Morgan fingerprint density at radius 2 is 1.72 bits per heavy atom. The van der Waals surface area contributed by atoms with Crippen LogP contribution in [-0.4, -0.2) is 0 Å². The Morgan fingerprint density at radius 1 is 0.944 bits per heavy atom. The summed E-state index contributed by atoms with van der Waals surface area (Å²) in [5.74, 6) is 0. The highest BCUT2D eigenvalue weighted by Crippen LogP contribution is 2.36. The summed E-state index contributed by atoms with van der Waals surface area (Å²) in [5, 5.41) is 0.868. The van der Waals surface area contributed by atoms with Crippen LogP contribution < -0.4 is 0 Å². The first kappa shape index (κ1) is 12.0. The average Bonchev–Trinajstić information content (AvgIpc) is 2.56. The van der Waals surface area contributed by atoms with E-state index in [2.05, 4.69) is 46.3 Å². The van der Waals surface area contributed by atoms with Crippen molar-refractivity contribution in [2.24, 2.45) is 0 Å². The van der Waals surface area contributed by atoms with Gasteiger partial charge in [-0.25, -0.2) is 0 Å². The fraction of sp³-hybridized carbons (Fsp3) is 0.125. The zero-order valence-corrected chi connectivity index (χ0v) is 12.1. The second-order valence-electron chi connectivity index (χ2n) is 4.45. The lowest BCUT2D eigenvalue weighted by Gasteiger charge is -2.11. The van der Waals surface area contributed by atoms with E-state index in [1.165, 1.54) is 27.8 Å². The number of fused-ring (bicyclic) bond motifs is 2. The van der Waals surface area contributed by atoms with Crippen molar-refractivity contribution in [1.82, 2.24) is 0 Å². The third-order valence-corrected chi connectivity index (χ3v) is 4.28. The Morgan fingerprint density at radius 3 is 2.56 bits per heavy atom.